The van der Waals surface area contributed by atoms with E-state index in [0.717, 1.165) is 19.3 Å². The molecule has 1 aliphatic carbocycles. The summed E-state index contributed by atoms with van der Waals surface area (Å²) >= 11 is 0. The topological polar surface area (TPSA) is 95.1 Å². The molecule has 0 radical (unpaired) electrons. The molecular weight excluding hydrogens is 316 g/mol. The standard InChI is InChI=1S/C16H30N2O6/c1-4-13(2)18-24-15(20)16(5-6-16)12-17-14(19)11-23-10-9-22-8-7-21-3/h13,18H,4-12H2,1-3H3,(H,17,19). The molecule has 8 heteroatoms. The predicted octanol–water partition coefficient (Wildman–Crippen LogP) is 0.409. The fourth-order valence-electron chi connectivity index (χ4n) is 1.80. The van der Waals surface area contributed by atoms with Gasteiger partial charge in [-0.3, -0.25) is 4.79 Å². The number of methoxy groups -OCH3 is 1. The van der Waals surface area contributed by atoms with Crippen LogP contribution in [-0.2, 0) is 28.6 Å². The van der Waals surface area contributed by atoms with Gasteiger partial charge in [0.25, 0.3) is 0 Å². The quantitative estimate of drug-likeness (QED) is 0.347. The Balaban J connectivity index is 2.09. The summed E-state index contributed by atoms with van der Waals surface area (Å²) in [6.07, 6.45) is 2.31. The minimum absolute atomic E-state index is 0.0517. The van der Waals surface area contributed by atoms with E-state index >= 15 is 0 Å². The number of hydrogen-bond acceptors (Lipinski definition) is 7. The molecule has 140 valence electrons. The number of carbonyl (C=O) groups excluding carboxylic acids is 2. The van der Waals surface area contributed by atoms with Gasteiger partial charge in [0, 0.05) is 19.7 Å². The first-order chi connectivity index (χ1) is 11.5. The van der Waals surface area contributed by atoms with E-state index in [1.165, 1.54) is 0 Å². The van der Waals surface area contributed by atoms with Gasteiger partial charge in [0.2, 0.25) is 5.91 Å². The zero-order valence-electron chi connectivity index (χ0n) is 14.9. The summed E-state index contributed by atoms with van der Waals surface area (Å²) < 4.78 is 15.3. The summed E-state index contributed by atoms with van der Waals surface area (Å²) in [4.78, 5) is 28.9. The molecule has 8 nitrogen and oxygen atoms in total. The van der Waals surface area contributed by atoms with E-state index < -0.39 is 5.41 Å². The van der Waals surface area contributed by atoms with Crippen molar-refractivity contribution in [3.8, 4) is 0 Å². The van der Waals surface area contributed by atoms with Crippen molar-refractivity contribution in [2.45, 2.75) is 39.2 Å². The highest BCUT2D eigenvalue weighted by Gasteiger charge is 2.51. The number of hydroxylamine groups is 1. The van der Waals surface area contributed by atoms with E-state index in [2.05, 4.69) is 10.8 Å². The summed E-state index contributed by atoms with van der Waals surface area (Å²) in [7, 11) is 1.60. The molecule has 0 spiro atoms. The molecule has 0 aliphatic heterocycles. The van der Waals surface area contributed by atoms with Crippen molar-refractivity contribution >= 4 is 11.9 Å². The molecular formula is C16H30N2O6. The lowest BCUT2D eigenvalue weighted by atomic mass is 10.1. The molecule has 1 atom stereocenters. The van der Waals surface area contributed by atoms with E-state index in [1.54, 1.807) is 7.11 Å². The molecule has 1 amide bonds. The molecule has 0 bridgehead atoms. The van der Waals surface area contributed by atoms with Gasteiger partial charge in [-0.1, -0.05) is 6.92 Å². The van der Waals surface area contributed by atoms with Gasteiger partial charge in [0.05, 0.1) is 31.8 Å². The van der Waals surface area contributed by atoms with Gasteiger partial charge in [-0.25, -0.2) is 4.79 Å². The number of rotatable bonds is 14. The Kier molecular flexibility index (Phi) is 9.85. The second-order valence-electron chi connectivity index (χ2n) is 6.03. The molecule has 0 aromatic heterocycles. The Bertz CT molecular complexity index is 387. The van der Waals surface area contributed by atoms with Gasteiger partial charge in [0.15, 0.2) is 0 Å². The van der Waals surface area contributed by atoms with Crippen LogP contribution in [-0.4, -0.2) is 64.6 Å². The fraction of sp³-hybridized carbons (Fsp3) is 0.875. The highest BCUT2D eigenvalue weighted by atomic mass is 16.7. The van der Waals surface area contributed by atoms with Gasteiger partial charge < -0.3 is 24.4 Å². The Morgan fingerprint density at radius 3 is 2.42 bits per heavy atom. The monoisotopic (exact) mass is 346 g/mol. The zero-order valence-corrected chi connectivity index (χ0v) is 14.9. The highest BCUT2D eigenvalue weighted by Crippen LogP contribution is 2.46. The molecule has 1 rings (SSSR count). The lowest BCUT2D eigenvalue weighted by Gasteiger charge is -2.17. The molecule has 0 aromatic rings. The first kappa shape index (κ1) is 20.8. The Morgan fingerprint density at radius 2 is 1.79 bits per heavy atom. The molecule has 2 N–H and O–H groups in total. The maximum atomic E-state index is 12.1. The van der Waals surface area contributed by atoms with E-state index in [4.69, 9.17) is 19.0 Å². The average molecular weight is 346 g/mol. The molecule has 1 aliphatic rings. The summed E-state index contributed by atoms with van der Waals surface area (Å²) in [6.45, 7) is 5.94. The summed E-state index contributed by atoms with van der Waals surface area (Å²) in [5.74, 6) is -0.559. The number of carbonyl (C=O) groups is 2. The van der Waals surface area contributed by atoms with Crippen molar-refractivity contribution in [1.82, 2.24) is 10.8 Å². The fourth-order valence-corrected chi connectivity index (χ4v) is 1.80. The minimum atomic E-state index is -0.584. The van der Waals surface area contributed by atoms with Crippen LogP contribution in [0.15, 0.2) is 0 Å². The highest BCUT2D eigenvalue weighted by molar-refractivity contribution is 5.82. The van der Waals surface area contributed by atoms with Crippen LogP contribution >= 0.6 is 0 Å². The van der Waals surface area contributed by atoms with E-state index in [-0.39, 0.29) is 31.1 Å². The summed E-state index contributed by atoms with van der Waals surface area (Å²) in [5.41, 5.74) is 2.13. The van der Waals surface area contributed by atoms with Crippen LogP contribution in [0.5, 0.6) is 0 Å². The Hall–Kier alpha value is -1.22. The third-order valence-corrected chi connectivity index (χ3v) is 3.91. The Labute approximate surface area is 143 Å². The van der Waals surface area contributed by atoms with Gasteiger partial charge in [-0.05, 0) is 26.2 Å². The van der Waals surface area contributed by atoms with Crippen molar-refractivity contribution in [1.29, 1.82) is 0 Å². The van der Waals surface area contributed by atoms with Gasteiger partial charge in [-0.2, -0.15) is 5.48 Å². The zero-order chi connectivity index (χ0) is 17.8. The SMILES string of the molecule is CCC(C)NOC(=O)C1(CNC(=O)COCCOCCOC)CC1. The van der Waals surface area contributed by atoms with Crippen molar-refractivity contribution in [3.05, 3.63) is 0 Å². The average Bonchev–Trinajstić information content (AvgIpc) is 3.38. The molecule has 1 fully saturated rings. The maximum absolute atomic E-state index is 12.1. The van der Waals surface area contributed by atoms with Gasteiger partial charge in [0.1, 0.15) is 6.61 Å². The first-order valence-electron chi connectivity index (χ1n) is 8.42. The van der Waals surface area contributed by atoms with E-state index in [0.29, 0.717) is 26.4 Å². The van der Waals surface area contributed by atoms with Crippen molar-refractivity contribution in [2.75, 3.05) is 46.7 Å². The van der Waals surface area contributed by atoms with Crippen LogP contribution in [0.3, 0.4) is 0 Å². The molecule has 1 saturated carbocycles. The molecule has 0 heterocycles. The van der Waals surface area contributed by atoms with E-state index in [1.807, 2.05) is 13.8 Å². The summed E-state index contributed by atoms with van der Waals surface area (Å²) in [5, 5.41) is 2.73. The molecule has 0 saturated heterocycles. The Morgan fingerprint density at radius 1 is 1.12 bits per heavy atom. The second-order valence-corrected chi connectivity index (χ2v) is 6.03. The number of nitrogens with one attached hydrogen (secondary N) is 2. The normalized spacial score (nSPS) is 16.5. The lowest BCUT2D eigenvalue weighted by Crippen LogP contribution is -2.40. The maximum Gasteiger partial charge on any atom is 0.332 e. The lowest BCUT2D eigenvalue weighted by molar-refractivity contribution is -0.159. The van der Waals surface area contributed by atoms with Crippen LogP contribution in [0.4, 0.5) is 0 Å². The molecule has 0 aromatic carbocycles. The molecule has 1 unspecified atom stereocenters. The number of amides is 1. The van der Waals surface area contributed by atoms with Crippen LogP contribution in [0.2, 0.25) is 0 Å². The van der Waals surface area contributed by atoms with Crippen LogP contribution in [0, 0.1) is 5.41 Å². The first-order valence-corrected chi connectivity index (χ1v) is 8.42. The van der Waals surface area contributed by atoms with Gasteiger partial charge in [-0.15, -0.1) is 0 Å². The minimum Gasteiger partial charge on any atom is -0.382 e. The van der Waals surface area contributed by atoms with Crippen molar-refractivity contribution in [2.24, 2.45) is 5.41 Å². The predicted molar refractivity (Wildman–Crippen MR) is 87.2 cm³/mol. The smallest absolute Gasteiger partial charge is 0.332 e. The third-order valence-electron chi connectivity index (χ3n) is 3.91. The van der Waals surface area contributed by atoms with Gasteiger partial charge >= 0.3 is 5.97 Å². The van der Waals surface area contributed by atoms with Crippen LogP contribution in [0.25, 0.3) is 0 Å². The van der Waals surface area contributed by atoms with Crippen LogP contribution < -0.4 is 10.8 Å². The van der Waals surface area contributed by atoms with Crippen molar-refractivity contribution < 1.29 is 28.6 Å². The second kappa shape index (κ2) is 11.4. The van der Waals surface area contributed by atoms with Crippen molar-refractivity contribution in [3.63, 3.8) is 0 Å². The van der Waals surface area contributed by atoms with Crippen LogP contribution in [0.1, 0.15) is 33.1 Å². The molecule has 24 heavy (non-hydrogen) atoms. The number of ether oxygens (including phenoxy) is 3. The largest absolute Gasteiger partial charge is 0.382 e. The van der Waals surface area contributed by atoms with E-state index in [9.17, 15) is 9.59 Å². The third kappa shape index (κ3) is 8.05. The summed E-state index contributed by atoms with van der Waals surface area (Å²) in [6, 6.07) is 0.110. The number of hydrogen-bond donors (Lipinski definition) is 2.